The molecule has 3 aliphatic heterocycles. The number of cyclic esters (lactones) is 1. The number of rotatable bonds is 7. The van der Waals surface area contributed by atoms with Crippen molar-refractivity contribution in [1.82, 2.24) is 9.80 Å². The molecule has 0 bridgehead atoms. The molecule has 3 rings (SSSR count). The Morgan fingerprint density at radius 2 is 1.73 bits per heavy atom. The summed E-state index contributed by atoms with van der Waals surface area (Å²) < 4.78 is 18.7. The fourth-order valence-electron chi connectivity index (χ4n) is 6.84. The highest BCUT2D eigenvalue weighted by Gasteiger charge is 2.43. The predicted octanol–water partition coefficient (Wildman–Crippen LogP) is 2.94. The van der Waals surface area contributed by atoms with Crippen LogP contribution in [0.15, 0.2) is 23.8 Å². The van der Waals surface area contributed by atoms with Crippen molar-refractivity contribution < 1.29 is 39.1 Å². The SMILES string of the molecule is CC[C@H]1OC(=O)CC(O)[C@H](C)[C@@H](O[C@@H]2O[C@H](C)C[C@H](N(C)C)[C@H]2O)[C@@H](CCN2CC(O)C2)C[C@@H](C)C(=O)/C=C/C(C)=C/[C@@H]1C. The van der Waals surface area contributed by atoms with E-state index in [9.17, 15) is 24.9 Å². The van der Waals surface area contributed by atoms with Crippen LogP contribution in [0, 0.1) is 23.7 Å². The molecule has 0 aromatic heterocycles. The first-order chi connectivity index (χ1) is 20.7. The van der Waals surface area contributed by atoms with E-state index in [1.165, 1.54) is 0 Å². The van der Waals surface area contributed by atoms with Crippen molar-refractivity contribution in [2.75, 3.05) is 33.7 Å². The molecule has 11 atom stereocenters. The molecule has 2 saturated heterocycles. The number of likely N-dealkylation sites (N-methyl/N-ethyl adjacent to an activating group) is 1. The van der Waals surface area contributed by atoms with Gasteiger partial charge in [0.2, 0.25) is 0 Å². The van der Waals surface area contributed by atoms with Crippen LogP contribution in [0.2, 0.25) is 0 Å². The van der Waals surface area contributed by atoms with Crippen LogP contribution in [0.3, 0.4) is 0 Å². The van der Waals surface area contributed by atoms with Crippen LogP contribution in [-0.4, -0.2) is 120 Å². The Balaban J connectivity index is 1.98. The minimum Gasteiger partial charge on any atom is -0.462 e. The lowest BCUT2D eigenvalue weighted by Gasteiger charge is -2.45. The second-order valence-electron chi connectivity index (χ2n) is 13.8. The largest absolute Gasteiger partial charge is 0.462 e. The van der Waals surface area contributed by atoms with E-state index in [1.807, 2.05) is 72.7 Å². The van der Waals surface area contributed by atoms with E-state index in [4.69, 9.17) is 14.2 Å². The average molecular weight is 623 g/mol. The summed E-state index contributed by atoms with van der Waals surface area (Å²) in [7, 11) is 3.83. The lowest BCUT2D eigenvalue weighted by molar-refractivity contribution is -0.283. The van der Waals surface area contributed by atoms with Gasteiger partial charge in [-0.25, -0.2) is 0 Å². The fourth-order valence-corrected chi connectivity index (χ4v) is 6.84. The van der Waals surface area contributed by atoms with E-state index in [-0.39, 0.29) is 54.3 Å². The van der Waals surface area contributed by atoms with Crippen LogP contribution < -0.4 is 0 Å². The summed E-state index contributed by atoms with van der Waals surface area (Å²) in [5, 5.41) is 32.6. The fraction of sp³-hybridized carbons (Fsp3) is 0.824. The molecule has 3 N–H and O–H groups in total. The van der Waals surface area contributed by atoms with Gasteiger partial charge in [0, 0.05) is 36.9 Å². The Hall–Kier alpha value is -1.66. The number of β-amino-alcohol motifs (C(OH)–C–C–N with tert-alkyl or cyclic N) is 1. The highest BCUT2D eigenvalue weighted by Crippen LogP contribution is 2.35. The van der Waals surface area contributed by atoms with E-state index in [0.29, 0.717) is 45.3 Å². The third-order valence-corrected chi connectivity index (χ3v) is 9.74. The molecule has 1 unspecified atom stereocenters. The van der Waals surface area contributed by atoms with Crippen LogP contribution in [-0.2, 0) is 23.8 Å². The number of nitrogens with zero attached hydrogens (tertiary/aromatic N) is 2. The normalized spacial score (nSPS) is 41.1. The quantitative estimate of drug-likeness (QED) is 0.365. The van der Waals surface area contributed by atoms with Gasteiger partial charge in [-0.15, -0.1) is 0 Å². The van der Waals surface area contributed by atoms with Crippen LogP contribution in [0.1, 0.15) is 73.6 Å². The summed E-state index contributed by atoms with van der Waals surface area (Å²) in [5.41, 5.74) is 0.912. The Kier molecular flexibility index (Phi) is 14.0. The third-order valence-electron chi connectivity index (χ3n) is 9.74. The number of ether oxygens (including phenoxy) is 3. The van der Waals surface area contributed by atoms with Gasteiger partial charge in [0.25, 0.3) is 0 Å². The van der Waals surface area contributed by atoms with Crippen molar-refractivity contribution in [3.8, 4) is 0 Å². The molecular weight excluding hydrogens is 564 g/mol. The summed E-state index contributed by atoms with van der Waals surface area (Å²) in [6.07, 6.45) is 3.20. The second kappa shape index (κ2) is 16.8. The standard InChI is InChI=1S/C34H58N2O8/c1-9-30-22(4)14-20(2)10-11-28(38)21(3)15-25(12-13-36-18-26(37)19-36)33(24(6)29(39)17-31(40)43-30)44-34-32(41)27(35(7)8)16-23(5)42-34/h10-11,14,21-27,29-30,32-34,37,39,41H,9,12-13,15-19H2,1-8H3/b11-10+,20-14+/t21-,22+,23-,24+,25+,27+,29?,30-,32-,33-,34+/m1/s1. The number of hydrogen-bond acceptors (Lipinski definition) is 10. The zero-order valence-electron chi connectivity index (χ0n) is 28.1. The number of ketones is 1. The molecule has 44 heavy (non-hydrogen) atoms. The molecule has 0 spiro atoms. The monoisotopic (exact) mass is 622 g/mol. The molecule has 3 aliphatic rings. The molecule has 0 radical (unpaired) electrons. The van der Waals surface area contributed by atoms with Crippen molar-refractivity contribution in [2.45, 2.75) is 123 Å². The summed E-state index contributed by atoms with van der Waals surface area (Å²) in [5.74, 6) is -1.61. The molecule has 10 heteroatoms. The number of hydrogen-bond donors (Lipinski definition) is 3. The van der Waals surface area contributed by atoms with Crippen molar-refractivity contribution in [1.29, 1.82) is 0 Å². The highest BCUT2D eigenvalue weighted by molar-refractivity contribution is 5.91. The minimum atomic E-state index is -1.08. The predicted molar refractivity (Wildman–Crippen MR) is 169 cm³/mol. The number of carbonyl (C=O) groups is 2. The molecule has 10 nitrogen and oxygen atoms in total. The summed E-state index contributed by atoms with van der Waals surface area (Å²) in [4.78, 5) is 30.6. The average Bonchev–Trinajstić information content (AvgIpc) is 2.94. The number of esters is 1. The maximum absolute atomic E-state index is 13.4. The van der Waals surface area contributed by atoms with E-state index < -0.39 is 36.5 Å². The van der Waals surface area contributed by atoms with Gasteiger partial charge in [-0.2, -0.15) is 0 Å². The molecule has 0 aliphatic carbocycles. The lowest BCUT2D eigenvalue weighted by Crippen LogP contribution is -2.56. The highest BCUT2D eigenvalue weighted by atomic mass is 16.7. The van der Waals surface area contributed by atoms with Crippen LogP contribution in [0.4, 0.5) is 0 Å². The first-order valence-corrected chi connectivity index (χ1v) is 16.5. The van der Waals surface area contributed by atoms with Gasteiger partial charge in [0.1, 0.15) is 12.2 Å². The van der Waals surface area contributed by atoms with Crippen molar-refractivity contribution >= 4 is 11.8 Å². The topological polar surface area (TPSA) is 129 Å². The van der Waals surface area contributed by atoms with E-state index in [0.717, 1.165) is 5.57 Å². The van der Waals surface area contributed by atoms with Gasteiger partial charge in [-0.3, -0.25) is 14.5 Å². The van der Waals surface area contributed by atoms with Crippen LogP contribution in [0.25, 0.3) is 0 Å². The Morgan fingerprint density at radius 3 is 2.34 bits per heavy atom. The van der Waals surface area contributed by atoms with E-state index >= 15 is 0 Å². The molecule has 0 aromatic carbocycles. The summed E-state index contributed by atoms with van der Waals surface area (Å²) in [6, 6.07) is -0.180. The van der Waals surface area contributed by atoms with Crippen molar-refractivity contribution in [2.24, 2.45) is 23.7 Å². The molecule has 0 aromatic rings. The molecule has 252 valence electrons. The van der Waals surface area contributed by atoms with Crippen molar-refractivity contribution in [3.63, 3.8) is 0 Å². The lowest BCUT2D eigenvalue weighted by atomic mass is 9.79. The molecule has 3 heterocycles. The molecule has 0 saturated carbocycles. The number of carbonyl (C=O) groups excluding carboxylic acids is 2. The van der Waals surface area contributed by atoms with E-state index in [1.54, 1.807) is 6.08 Å². The van der Waals surface area contributed by atoms with Gasteiger partial charge >= 0.3 is 5.97 Å². The molecule has 2 fully saturated rings. The van der Waals surface area contributed by atoms with Gasteiger partial charge in [-0.1, -0.05) is 45.4 Å². The maximum Gasteiger partial charge on any atom is 0.308 e. The zero-order valence-corrected chi connectivity index (χ0v) is 28.1. The number of likely N-dealkylation sites (tertiary alicyclic amines) is 1. The first kappa shape index (κ1) is 36.8. The van der Waals surface area contributed by atoms with Gasteiger partial charge in [0.15, 0.2) is 12.1 Å². The molecular formula is C34H58N2O8. The van der Waals surface area contributed by atoms with Crippen LogP contribution >= 0.6 is 0 Å². The Morgan fingerprint density at radius 1 is 1.05 bits per heavy atom. The number of aliphatic hydroxyl groups is 3. The number of aliphatic hydroxyl groups excluding tert-OH is 3. The minimum absolute atomic E-state index is 0.00235. The van der Waals surface area contributed by atoms with Gasteiger partial charge in [0.05, 0.1) is 30.8 Å². The number of allylic oxidation sites excluding steroid dienone is 3. The Bertz CT molecular complexity index is 996. The van der Waals surface area contributed by atoms with Crippen molar-refractivity contribution in [3.05, 3.63) is 23.8 Å². The summed E-state index contributed by atoms with van der Waals surface area (Å²) in [6.45, 7) is 13.5. The molecule has 0 amide bonds. The smallest absolute Gasteiger partial charge is 0.308 e. The Labute approximate surface area is 264 Å². The van der Waals surface area contributed by atoms with Crippen LogP contribution in [0.5, 0.6) is 0 Å². The zero-order chi connectivity index (χ0) is 32.7. The van der Waals surface area contributed by atoms with E-state index in [2.05, 4.69) is 4.90 Å². The maximum atomic E-state index is 13.4. The summed E-state index contributed by atoms with van der Waals surface area (Å²) >= 11 is 0. The van der Waals surface area contributed by atoms with Gasteiger partial charge < -0.3 is 34.4 Å². The second-order valence-corrected chi connectivity index (χ2v) is 13.8. The van der Waals surface area contributed by atoms with Gasteiger partial charge in [-0.05, 0) is 72.2 Å². The first-order valence-electron chi connectivity index (χ1n) is 16.5. The third kappa shape index (κ3) is 10.2.